The Morgan fingerprint density at radius 1 is 1.29 bits per heavy atom. The number of hydrogen-bond donors (Lipinski definition) is 2. The van der Waals surface area contributed by atoms with Crippen LogP contribution in [0.2, 0.25) is 0 Å². The molecule has 0 atom stereocenters. The number of fused-ring (bicyclic) bond motifs is 1. The van der Waals surface area contributed by atoms with Crippen LogP contribution in [0.1, 0.15) is 16.8 Å². The summed E-state index contributed by atoms with van der Waals surface area (Å²) in [5.41, 5.74) is 8.31. The van der Waals surface area contributed by atoms with Gasteiger partial charge in [-0.05, 0) is 29.8 Å². The lowest BCUT2D eigenvalue weighted by molar-refractivity contribution is -0.119. The van der Waals surface area contributed by atoms with Crippen molar-refractivity contribution in [2.24, 2.45) is 5.73 Å². The zero-order valence-electron chi connectivity index (χ0n) is 17.1. The lowest BCUT2D eigenvalue weighted by Crippen LogP contribution is -2.35. The number of methoxy groups -OCH3 is 1. The Hall–Kier alpha value is -3.72. The summed E-state index contributed by atoms with van der Waals surface area (Å²) in [6.07, 6.45) is 4.05. The second-order valence-corrected chi connectivity index (χ2v) is 7.28. The molecular weight excluding hydrogens is 398 g/mol. The van der Waals surface area contributed by atoms with Gasteiger partial charge in [0, 0.05) is 44.0 Å². The third kappa shape index (κ3) is 4.72. The SMILES string of the molecule is COc1cc(CN2CCc3nc(-c4cccnc4)[nH]c(=O)c3C2)ccc1OCC(N)=O. The van der Waals surface area contributed by atoms with E-state index in [0.717, 1.165) is 23.4 Å². The summed E-state index contributed by atoms with van der Waals surface area (Å²) in [6, 6.07) is 9.21. The molecule has 0 spiro atoms. The van der Waals surface area contributed by atoms with Gasteiger partial charge in [0.1, 0.15) is 5.82 Å². The van der Waals surface area contributed by atoms with Gasteiger partial charge in [-0.1, -0.05) is 6.07 Å². The van der Waals surface area contributed by atoms with E-state index in [9.17, 15) is 9.59 Å². The number of amides is 1. The van der Waals surface area contributed by atoms with E-state index in [0.29, 0.717) is 42.4 Å². The van der Waals surface area contributed by atoms with Crippen LogP contribution in [0.5, 0.6) is 11.5 Å². The minimum atomic E-state index is -0.552. The van der Waals surface area contributed by atoms with Crippen molar-refractivity contribution in [3.8, 4) is 22.9 Å². The average molecular weight is 421 g/mol. The normalized spacial score (nSPS) is 13.5. The van der Waals surface area contributed by atoms with Gasteiger partial charge in [-0.25, -0.2) is 4.98 Å². The molecular formula is C22H23N5O4. The Labute approximate surface area is 178 Å². The number of nitrogens with zero attached hydrogens (tertiary/aromatic N) is 3. The van der Waals surface area contributed by atoms with E-state index >= 15 is 0 Å². The number of ether oxygens (including phenoxy) is 2. The standard InChI is InChI=1S/C22H23N5O4/c1-30-19-9-14(4-5-18(19)31-13-20(23)28)11-27-8-6-17-16(12-27)22(29)26-21(25-17)15-3-2-7-24-10-15/h2-5,7,9-10H,6,8,11-13H2,1H3,(H2,23,28)(H,25,26,29). The molecule has 1 aliphatic heterocycles. The third-order valence-corrected chi connectivity index (χ3v) is 5.09. The van der Waals surface area contributed by atoms with Gasteiger partial charge >= 0.3 is 0 Å². The number of aromatic amines is 1. The molecule has 2 aromatic heterocycles. The maximum Gasteiger partial charge on any atom is 0.255 e. The Bertz CT molecular complexity index is 1150. The summed E-state index contributed by atoms with van der Waals surface area (Å²) >= 11 is 0. The second-order valence-electron chi connectivity index (χ2n) is 7.28. The first-order valence-electron chi connectivity index (χ1n) is 9.86. The third-order valence-electron chi connectivity index (χ3n) is 5.09. The van der Waals surface area contributed by atoms with Gasteiger partial charge in [0.05, 0.1) is 18.4 Å². The number of benzene rings is 1. The van der Waals surface area contributed by atoms with Crippen LogP contribution in [0.15, 0.2) is 47.5 Å². The Morgan fingerprint density at radius 3 is 2.90 bits per heavy atom. The predicted molar refractivity (Wildman–Crippen MR) is 114 cm³/mol. The number of rotatable bonds is 7. The van der Waals surface area contributed by atoms with E-state index in [2.05, 4.69) is 19.9 Å². The molecule has 0 saturated carbocycles. The van der Waals surface area contributed by atoms with E-state index in [1.165, 1.54) is 0 Å². The molecule has 3 heterocycles. The Kier molecular flexibility index (Phi) is 5.94. The van der Waals surface area contributed by atoms with Crippen LogP contribution in [-0.4, -0.2) is 46.0 Å². The number of pyridine rings is 1. The van der Waals surface area contributed by atoms with Crippen molar-refractivity contribution in [3.63, 3.8) is 0 Å². The summed E-state index contributed by atoms with van der Waals surface area (Å²) < 4.78 is 10.7. The van der Waals surface area contributed by atoms with Crippen LogP contribution in [0, 0.1) is 0 Å². The molecule has 1 aromatic carbocycles. The van der Waals surface area contributed by atoms with E-state index in [1.807, 2.05) is 24.3 Å². The number of primary amides is 1. The molecule has 9 nitrogen and oxygen atoms in total. The lowest BCUT2D eigenvalue weighted by Gasteiger charge is -2.28. The molecule has 9 heteroatoms. The van der Waals surface area contributed by atoms with Crippen LogP contribution in [0.4, 0.5) is 0 Å². The lowest BCUT2D eigenvalue weighted by atomic mass is 10.1. The molecule has 0 fully saturated rings. The molecule has 31 heavy (non-hydrogen) atoms. The molecule has 0 saturated heterocycles. The molecule has 0 unspecified atom stereocenters. The van der Waals surface area contributed by atoms with Crippen LogP contribution in [-0.2, 0) is 24.3 Å². The van der Waals surface area contributed by atoms with Gasteiger partial charge in [0.2, 0.25) is 0 Å². The number of carbonyl (C=O) groups excluding carboxylic acids is 1. The van der Waals surface area contributed by atoms with Crippen molar-refractivity contribution in [1.82, 2.24) is 19.9 Å². The van der Waals surface area contributed by atoms with E-state index in [4.69, 9.17) is 15.2 Å². The first kappa shape index (κ1) is 20.5. The second kappa shape index (κ2) is 8.97. The molecule has 4 rings (SSSR count). The summed E-state index contributed by atoms with van der Waals surface area (Å²) in [5.74, 6) is 0.972. The smallest absolute Gasteiger partial charge is 0.255 e. The molecule has 0 radical (unpaired) electrons. The maximum absolute atomic E-state index is 12.7. The minimum absolute atomic E-state index is 0.124. The molecule has 3 aromatic rings. The quantitative estimate of drug-likeness (QED) is 0.589. The molecule has 160 valence electrons. The Morgan fingerprint density at radius 2 is 2.16 bits per heavy atom. The Balaban J connectivity index is 1.49. The molecule has 1 amide bonds. The van der Waals surface area contributed by atoms with Crippen LogP contribution >= 0.6 is 0 Å². The van der Waals surface area contributed by atoms with Gasteiger partial charge in [-0.3, -0.25) is 19.5 Å². The molecule has 0 bridgehead atoms. The van der Waals surface area contributed by atoms with Crippen molar-refractivity contribution in [1.29, 1.82) is 0 Å². The number of H-pyrrole nitrogens is 1. The fraction of sp³-hybridized carbons (Fsp3) is 0.273. The number of nitrogens with two attached hydrogens (primary N) is 1. The highest BCUT2D eigenvalue weighted by atomic mass is 16.5. The zero-order chi connectivity index (χ0) is 21.8. The summed E-state index contributed by atoms with van der Waals surface area (Å²) in [7, 11) is 1.54. The number of aromatic nitrogens is 3. The maximum atomic E-state index is 12.7. The minimum Gasteiger partial charge on any atom is -0.493 e. The van der Waals surface area contributed by atoms with Crippen molar-refractivity contribution in [3.05, 3.63) is 69.9 Å². The van der Waals surface area contributed by atoms with Crippen LogP contribution in [0.25, 0.3) is 11.4 Å². The van der Waals surface area contributed by atoms with Crippen molar-refractivity contribution in [2.75, 3.05) is 20.3 Å². The largest absolute Gasteiger partial charge is 0.493 e. The van der Waals surface area contributed by atoms with E-state index in [1.54, 1.807) is 25.6 Å². The first-order valence-corrected chi connectivity index (χ1v) is 9.86. The van der Waals surface area contributed by atoms with Gasteiger partial charge in [0.25, 0.3) is 11.5 Å². The summed E-state index contributed by atoms with van der Waals surface area (Å²) in [4.78, 5) is 37.5. The van der Waals surface area contributed by atoms with Gasteiger partial charge in [0.15, 0.2) is 18.1 Å². The van der Waals surface area contributed by atoms with Gasteiger partial charge < -0.3 is 20.2 Å². The van der Waals surface area contributed by atoms with Crippen molar-refractivity contribution in [2.45, 2.75) is 19.5 Å². The van der Waals surface area contributed by atoms with Gasteiger partial charge in [-0.15, -0.1) is 0 Å². The molecule has 3 N–H and O–H groups in total. The predicted octanol–water partition coefficient (Wildman–Crippen LogP) is 1.26. The van der Waals surface area contributed by atoms with Crippen LogP contribution in [0.3, 0.4) is 0 Å². The highest BCUT2D eigenvalue weighted by Crippen LogP contribution is 2.29. The number of carbonyl (C=O) groups is 1. The van der Waals surface area contributed by atoms with Crippen molar-refractivity contribution < 1.29 is 14.3 Å². The number of hydrogen-bond acceptors (Lipinski definition) is 7. The average Bonchev–Trinajstić information content (AvgIpc) is 2.79. The monoisotopic (exact) mass is 421 g/mol. The van der Waals surface area contributed by atoms with Gasteiger partial charge in [-0.2, -0.15) is 0 Å². The fourth-order valence-corrected chi connectivity index (χ4v) is 3.59. The van der Waals surface area contributed by atoms with E-state index < -0.39 is 5.91 Å². The topological polar surface area (TPSA) is 123 Å². The first-order chi connectivity index (χ1) is 15.0. The highest BCUT2D eigenvalue weighted by molar-refractivity contribution is 5.75. The molecule has 0 aliphatic carbocycles. The molecule has 1 aliphatic rings. The fourth-order valence-electron chi connectivity index (χ4n) is 3.59. The number of nitrogens with one attached hydrogen (secondary N) is 1. The summed E-state index contributed by atoms with van der Waals surface area (Å²) in [5, 5.41) is 0. The summed E-state index contributed by atoms with van der Waals surface area (Å²) in [6.45, 7) is 1.70. The zero-order valence-corrected chi connectivity index (χ0v) is 17.1. The highest BCUT2D eigenvalue weighted by Gasteiger charge is 2.22. The van der Waals surface area contributed by atoms with Crippen LogP contribution < -0.4 is 20.8 Å². The van der Waals surface area contributed by atoms with Crippen molar-refractivity contribution >= 4 is 5.91 Å². The van der Waals surface area contributed by atoms with E-state index in [-0.39, 0.29) is 12.2 Å².